The molecule has 0 radical (unpaired) electrons. The SMILES string of the molecule is COc1ccc(-n2nnnc2SC(C)C(=O)Nc2ccc(C(C)(C)C)cc2)cc1. The third kappa shape index (κ3) is 5.14. The van der Waals surface area contributed by atoms with Crippen LogP contribution in [0.2, 0.25) is 0 Å². The highest BCUT2D eigenvalue weighted by Crippen LogP contribution is 2.26. The minimum atomic E-state index is -0.375. The summed E-state index contributed by atoms with van der Waals surface area (Å²) in [7, 11) is 1.62. The molecule has 1 aromatic heterocycles. The number of rotatable bonds is 6. The van der Waals surface area contributed by atoms with Crippen LogP contribution >= 0.6 is 11.8 Å². The van der Waals surface area contributed by atoms with Crippen molar-refractivity contribution in [2.45, 2.75) is 43.5 Å². The van der Waals surface area contributed by atoms with Crippen molar-refractivity contribution in [2.75, 3.05) is 12.4 Å². The van der Waals surface area contributed by atoms with E-state index >= 15 is 0 Å². The van der Waals surface area contributed by atoms with Gasteiger partial charge in [0.05, 0.1) is 18.0 Å². The highest BCUT2D eigenvalue weighted by atomic mass is 32.2. The lowest BCUT2D eigenvalue weighted by Crippen LogP contribution is -2.23. The molecule has 1 amide bonds. The Morgan fingerprint density at radius 2 is 1.76 bits per heavy atom. The molecule has 0 aliphatic carbocycles. The molecular formula is C21H25N5O2S. The Morgan fingerprint density at radius 3 is 2.34 bits per heavy atom. The molecule has 2 aromatic carbocycles. The Bertz CT molecular complexity index is 962. The second kappa shape index (κ2) is 8.65. The number of tetrazole rings is 1. The predicted molar refractivity (Wildman–Crippen MR) is 115 cm³/mol. The normalized spacial score (nSPS) is 12.4. The summed E-state index contributed by atoms with van der Waals surface area (Å²) in [5.41, 5.74) is 2.86. The van der Waals surface area contributed by atoms with E-state index in [9.17, 15) is 4.79 Å². The van der Waals surface area contributed by atoms with Crippen molar-refractivity contribution in [1.29, 1.82) is 0 Å². The molecule has 7 nitrogen and oxygen atoms in total. The van der Waals surface area contributed by atoms with Gasteiger partial charge in [0, 0.05) is 5.69 Å². The zero-order valence-corrected chi connectivity index (χ0v) is 18.0. The van der Waals surface area contributed by atoms with Gasteiger partial charge < -0.3 is 10.1 Å². The van der Waals surface area contributed by atoms with Crippen LogP contribution in [-0.4, -0.2) is 38.5 Å². The average Bonchev–Trinajstić information content (AvgIpc) is 3.15. The van der Waals surface area contributed by atoms with Crippen molar-refractivity contribution >= 4 is 23.4 Å². The van der Waals surface area contributed by atoms with Gasteiger partial charge in [0.15, 0.2) is 0 Å². The molecule has 0 aliphatic heterocycles. The van der Waals surface area contributed by atoms with Gasteiger partial charge in [-0.05, 0) is 64.7 Å². The lowest BCUT2D eigenvalue weighted by Gasteiger charge is -2.19. The van der Waals surface area contributed by atoms with Crippen molar-refractivity contribution in [2.24, 2.45) is 0 Å². The zero-order valence-electron chi connectivity index (χ0n) is 17.2. The number of benzene rings is 2. The molecule has 1 atom stereocenters. The first-order chi connectivity index (χ1) is 13.8. The minimum absolute atomic E-state index is 0.0736. The number of hydrogen-bond acceptors (Lipinski definition) is 6. The van der Waals surface area contributed by atoms with E-state index in [-0.39, 0.29) is 16.6 Å². The zero-order chi connectivity index (χ0) is 21.0. The Balaban J connectivity index is 1.66. The topological polar surface area (TPSA) is 81.9 Å². The first-order valence-electron chi connectivity index (χ1n) is 9.29. The summed E-state index contributed by atoms with van der Waals surface area (Å²) in [6, 6.07) is 15.3. The Hall–Kier alpha value is -2.87. The van der Waals surface area contributed by atoms with Crippen LogP contribution in [0, 0.1) is 0 Å². The van der Waals surface area contributed by atoms with Crippen molar-refractivity contribution in [3.63, 3.8) is 0 Å². The molecule has 0 saturated carbocycles. The second-order valence-electron chi connectivity index (χ2n) is 7.65. The third-order valence-corrected chi connectivity index (χ3v) is 5.46. The van der Waals surface area contributed by atoms with E-state index in [0.717, 1.165) is 17.1 Å². The molecular weight excluding hydrogens is 386 g/mol. The Labute approximate surface area is 174 Å². The van der Waals surface area contributed by atoms with Crippen molar-refractivity contribution in [3.8, 4) is 11.4 Å². The van der Waals surface area contributed by atoms with Gasteiger partial charge in [0.25, 0.3) is 0 Å². The monoisotopic (exact) mass is 411 g/mol. The summed E-state index contributed by atoms with van der Waals surface area (Å²) in [5.74, 6) is 0.643. The molecule has 3 aromatic rings. The number of methoxy groups -OCH3 is 1. The maximum absolute atomic E-state index is 12.6. The number of carbonyl (C=O) groups is 1. The van der Waals surface area contributed by atoms with E-state index in [2.05, 4.69) is 41.6 Å². The highest BCUT2D eigenvalue weighted by Gasteiger charge is 2.20. The average molecular weight is 412 g/mol. The van der Waals surface area contributed by atoms with Crippen LogP contribution in [0.3, 0.4) is 0 Å². The molecule has 0 spiro atoms. The fourth-order valence-electron chi connectivity index (χ4n) is 2.65. The Kier molecular flexibility index (Phi) is 6.22. The summed E-state index contributed by atoms with van der Waals surface area (Å²) in [6.07, 6.45) is 0. The lowest BCUT2D eigenvalue weighted by molar-refractivity contribution is -0.115. The maximum Gasteiger partial charge on any atom is 0.237 e. The Morgan fingerprint density at radius 1 is 1.10 bits per heavy atom. The molecule has 8 heteroatoms. The van der Waals surface area contributed by atoms with Crippen LogP contribution in [-0.2, 0) is 10.2 Å². The van der Waals surface area contributed by atoms with Gasteiger partial charge >= 0.3 is 0 Å². The number of amides is 1. The molecule has 1 heterocycles. The fourth-order valence-corrected chi connectivity index (χ4v) is 3.45. The van der Waals surface area contributed by atoms with Crippen LogP contribution in [0.4, 0.5) is 5.69 Å². The molecule has 0 aliphatic rings. The number of thioether (sulfide) groups is 1. The van der Waals surface area contributed by atoms with Gasteiger partial charge in [-0.25, -0.2) is 0 Å². The smallest absolute Gasteiger partial charge is 0.237 e. The van der Waals surface area contributed by atoms with Gasteiger partial charge in [-0.15, -0.1) is 5.10 Å². The van der Waals surface area contributed by atoms with Gasteiger partial charge in [-0.3, -0.25) is 4.79 Å². The first kappa shape index (κ1) is 20.9. The first-order valence-corrected chi connectivity index (χ1v) is 10.2. The number of nitrogens with one attached hydrogen (secondary N) is 1. The number of hydrogen-bond donors (Lipinski definition) is 1. The number of carbonyl (C=O) groups excluding carboxylic acids is 1. The van der Waals surface area contributed by atoms with Crippen LogP contribution in [0.5, 0.6) is 5.75 Å². The molecule has 29 heavy (non-hydrogen) atoms. The third-order valence-electron chi connectivity index (χ3n) is 4.43. The van der Waals surface area contributed by atoms with E-state index in [1.807, 2.05) is 55.5 Å². The number of aromatic nitrogens is 4. The quantitative estimate of drug-likeness (QED) is 0.615. The lowest BCUT2D eigenvalue weighted by atomic mass is 9.87. The summed E-state index contributed by atoms with van der Waals surface area (Å²) >= 11 is 1.30. The molecule has 0 saturated heterocycles. The van der Waals surface area contributed by atoms with Crippen molar-refractivity contribution < 1.29 is 9.53 Å². The summed E-state index contributed by atoms with van der Waals surface area (Å²) in [6.45, 7) is 8.31. The molecule has 3 rings (SSSR count). The van der Waals surface area contributed by atoms with Crippen LogP contribution in [0.15, 0.2) is 53.7 Å². The van der Waals surface area contributed by atoms with Crippen LogP contribution in [0.1, 0.15) is 33.3 Å². The summed E-state index contributed by atoms with van der Waals surface area (Å²) in [4.78, 5) is 12.6. The maximum atomic E-state index is 12.6. The van der Waals surface area contributed by atoms with E-state index in [4.69, 9.17) is 4.74 Å². The molecule has 0 bridgehead atoms. The van der Waals surface area contributed by atoms with E-state index < -0.39 is 0 Å². The van der Waals surface area contributed by atoms with Crippen LogP contribution in [0.25, 0.3) is 5.69 Å². The standard InChI is InChI=1S/C21H25N5O2S/c1-14(19(27)22-16-8-6-15(7-9-16)21(2,3)4)29-20-23-24-25-26(20)17-10-12-18(28-5)13-11-17/h6-14H,1-5H3,(H,22,27). The summed E-state index contributed by atoms with van der Waals surface area (Å²) in [5, 5.41) is 15.0. The number of ether oxygens (including phenoxy) is 1. The molecule has 152 valence electrons. The minimum Gasteiger partial charge on any atom is -0.497 e. The molecule has 0 fully saturated rings. The number of nitrogens with zero attached hydrogens (tertiary/aromatic N) is 4. The van der Waals surface area contributed by atoms with Gasteiger partial charge in [0.1, 0.15) is 5.75 Å². The highest BCUT2D eigenvalue weighted by molar-refractivity contribution is 8.00. The van der Waals surface area contributed by atoms with Crippen molar-refractivity contribution in [3.05, 3.63) is 54.1 Å². The number of anilines is 1. The molecule has 1 N–H and O–H groups in total. The van der Waals surface area contributed by atoms with Crippen LogP contribution < -0.4 is 10.1 Å². The second-order valence-corrected chi connectivity index (χ2v) is 8.96. The predicted octanol–water partition coefficient (Wildman–Crippen LogP) is 4.09. The molecule has 1 unspecified atom stereocenters. The van der Waals surface area contributed by atoms with Gasteiger partial charge in [0.2, 0.25) is 11.1 Å². The van der Waals surface area contributed by atoms with E-state index in [1.54, 1.807) is 11.8 Å². The van der Waals surface area contributed by atoms with E-state index in [1.165, 1.54) is 17.3 Å². The van der Waals surface area contributed by atoms with Crippen molar-refractivity contribution in [1.82, 2.24) is 20.2 Å². The fraction of sp³-hybridized carbons (Fsp3) is 0.333. The largest absolute Gasteiger partial charge is 0.497 e. The summed E-state index contributed by atoms with van der Waals surface area (Å²) < 4.78 is 6.78. The van der Waals surface area contributed by atoms with E-state index in [0.29, 0.717) is 5.16 Å². The van der Waals surface area contributed by atoms with Gasteiger partial charge in [-0.2, -0.15) is 4.68 Å². The van der Waals surface area contributed by atoms with Gasteiger partial charge in [-0.1, -0.05) is 44.7 Å².